The predicted octanol–water partition coefficient (Wildman–Crippen LogP) is 3.67. The maximum Gasteiger partial charge on any atom is 0.147 e. The molecule has 0 saturated heterocycles. The molecule has 0 aliphatic heterocycles. The van der Waals surface area contributed by atoms with Crippen molar-refractivity contribution in [3.63, 3.8) is 0 Å². The molecule has 2 aromatic rings. The van der Waals surface area contributed by atoms with Crippen LogP contribution in [-0.2, 0) is 6.54 Å². The lowest BCUT2D eigenvalue weighted by Gasteiger charge is -1.99. The second-order valence-corrected chi connectivity index (χ2v) is 5.61. The van der Waals surface area contributed by atoms with E-state index >= 15 is 0 Å². The molecule has 0 aliphatic carbocycles. The molecule has 5 heteroatoms. The van der Waals surface area contributed by atoms with Crippen molar-refractivity contribution in [2.24, 2.45) is 0 Å². The van der Waals surface area contributed by atoms with Crippen molar-refractivity contribution in [3.05, 3.63) is 33.8 Å². The zero-order valence-electron chi connectivity index (χ0n) is 10.5. The molecule has 0 saturated carbocycles. The van der Waals surface area contributed by atoms with E-state index in [9.17, 15) is 0 Å². The van der Waals surface area contributed by atoms with Crippen LogP contribution >= 0.6 is 22.9 Å². The molecule has 0 unspecified atom stereocenters. The van der Waals surface area contributed by atoms with Crippen LogP contribution in [0.5, 0.6) is 0 Å². The minimum atomic E-state index is 0.772. The lowest BCUT2D eigenvalue weighted by atomic mass is 10.2. The van der Waals surface area contributed by atoms with Gasteiger partial charge in [-0.15, -0.1) is 10.2 Å². The van der Waals surface area contributed by atoms with Gasteiger partial charge in [-0.2, -0.15) is 0 Å². The third-order valence-electron chi connectivity index (χ3n) is 2.59. The molecule has 1 heterocycles. The van der Waals surface area contributed by atoms with Gasteiger partial charge in [0.15, 0.2) is 0 Å². The molecule has 0 aliphatic rings. The molecule has 18 heavy (non-hydrogen) atoms. The van der Waals surface area contributed by atoms with E-state index in [0.29, 0.717) is 0 Å². The van der Waals surface area contributed by atoms with Crippen molar-refractivity contribution in [1.29, 1.82) is 0 Å². The number of benzene rings is 1. The number of rotatable bonds is 5. The van der Waals surface area contributed by atoms with Gasteiger partial charge in [-0.25, -0.2) is 0 Å². The highest BCUT2D eigenvalue weighted by Crippen LogP contribution is 2.27. The third-order valence-corrected chi connectivity index (χ3v) is 3.97. The lowest BCUT2D eigenvalue weighted by Crippen LogP contribution is -2.13. The summed E-state index contributed by atoms with van der Waals surface area (Å²) >= 11 is 7.72. The van der Waals surface area contributed by atoms with Gasteiger partial charge < -0.3 is 5.32 Å². The summed E-state index contributed by atoms with van der Waals surface area (Å²) in [6.45, 7) is 5.93. The summed E-state index contributed by atoms with van der Waals surface area (Å²) in [4.78, 5) is 0. The van der Waals surface area contributed by atoms with E-state index in [4.69, 9.17) is 11.6 Å². The van der Waals surface area contributed by atoms with Crippen molar-refractivity contribution in [2.45, 2.75) is 26.8 Å². The molecule has 0 bridgehead atoms. The van der Waals surface area contributed by atoms with Gasteiger partial charge in [0.25, 0.3) is 0 Å². The van der Waals surface area contributed by atoms with Crippen LogP contribution in [0.3, 0.4) is 0 Å². The van der Waals surface area contributed by atoms with E-state index in [0.717, 1.165) is 45.7 Å². The fourth-order valence-corrected chi connectivity index (χ4v) is 2.53. The van der Waals surface area contributed by atoms with Gasteiger partial charge in [0.2, 0.25) is 0 Å². The van der Waals surface area contributed by atoms with E-state index in [1.807, 2.05) is 25.1 Å². The summed E-state index contributed by atoms with van der Waals surface area (Å²) in [5, 5.41) is 14.4. The van der Waals surface area contributed by atoms with Crippen LogP contribution in [0, 0.1) is 6.92 Å². The van der Waals surface area contributed by atoms with E-state index in [2.05, 4.69) is 22.4 Å². The molecular weight excluding hydrogens is 266 g/mol. The van der Waals surface area contributed by atoms with Gasteiger partial charge in [-0.1, -0.05) is 42.0 Å². The fraction of sp³-hybridized carbons (Fsp3) is 0.385. The van der Waals surface area contributed by atoms with Crippen molar-refractivity contribution in [2.75, 3.05) is 6.54 Å². The maximum absolute atomic E-state index is 6.12. The molecule has 1 aromatic heterocycles. The largest absolute Gasteiger partial charge is 0.310 e. The summed E-state index contributed by atoms with van der Waals surface area (Å²) in [6.07, 6.45) is 1.12. The fourth-order valence-electron chi connectivity index (χ4n) is 1.54. The number of hydrogen-bond acceptors (Lipinski definition) is 4. The minimum Gasteiger partial charge on any atom is -0.310 e. The average Bonchev–Trinajstić information content (AvgIpc) is 2.82. The standard InChI is InChI=1S/C13H16ClN3S/c1-3-6-15-8-12-16-17-13(18-12)10-5-4-9(2)11(14)7-10/h4-5,7,15H,3,6,8H2,1-2H3. The summed E-state index contributed by atoms with van der Waals surface area (Å²) < 4.78 is 0. The molecule has 0 spiro atoms. The molecule has 0 radical (unpaired) electrons. The monoisotopic (exact) mass is 281 g/mol. The summed E-state index contributed by atoms with van der Waals surface area (Å²) in [5.74, 6) is 0. The quantitative estimate of drug-likeness (QED) is 0.850. The molecule has 0 fully saturated rings. The number of nitrogens with zero attached hydrogens (tertiary/aromatic N) is 2. The Morgan fingerprint density at radius 3 is 2.89 bits per heavy atom. The minimum absolute atomic E-state index is 0.772. The summed E-state index contributed by atoms with van der Waals surface area (Å²) in [5.41, 5.74) is 2.11. The Balaban J connectivity index is 2.11. The highest BCUT2D eigenvalue weighted by atomic mass is 35.5. The van der Waals surface area contributed by atoms with E-state index in [1.165, 1.54) is 0 Å². The van der Waals surface area contributed by atoms with Gasteiger partial charge >= 0.3 is 0 Å². The molecule has 96 valence electrons. The van der Waals surface area contributed by atoms with Crippen molar-refractivity contribution >= 4 is 22.9 Å². The van der Waals surface area contributed by atoms with Gasteiger partial charge in [-0.05, 0) is 31.5 Å². The van der Waals surface area contributed by atoms with Gasteiger partial charge in [0.1, 0.15) is 10.0 Å². The molecule has 3 nitrogen and oxygen atoms in total. The Morgan fingerprint density at radius 2 is 2.17 bits per heavy atom. The average molecular weight is 282 g/mol. The van der Waals surface area contributed by atoms with Crippen LogP contribution in [0.1, 0.15) is 23.9 Å². The predicted molar refractivity (Wildman–Crippen MR) is 77.1 cm³/mol. The second kappa shape index (κ2) is 6.27. The van der Waals surface area contributed by atoms with Crippen molar-refractivity contribution in [3.8, 4) is 10.6 Å². The van der Waals surface area contributed by atoms with Gasteiger partial charge in [-0.3, -0.25) is 0 Å². The summed E-state index contributed by atoms with van der Waals surface area (Å²) in [6, 6.07) is 5.99. The number of nitrogens with one attached hydrogen (secondary N) is 1. The number of aromatic nitrogens is 2. The van der Waals surface area contributed by atoms with E-state index in [-0.39, 0.29) is 0 Å². The highest BCUT2D eigenvalue weighted by molar-refractivity contribution is 7.14. The molecule has 1 aromatic carbocycles. The normalized spacial score (nSPS) is 10.8. The first-order valence-corrected chi connectivity index (χ1v) is 7.19. The zero-order chi connectivity index (χ0) is 13.0. The van der Waals surface area contributed by atoms with Crippen LogP contribution in [0.2, 0.25) is 5.02 Å². The van der Waals surface area contributed by atoms with Crippen LogP contribution in [0.15, 0.2) is 18.2 Å². The zero-order valence-corrected chi connectivity index (χ0v) is 12.1. The molecule has 0 amide bonds. The first-order chi connectivity index (χ1) is 8.70. The number of hydrogen-bond donors (Lipinski definition) is 1. The Morgan fingerprint density at radius 1 is 1.33 bits per heavy atom. The molecule has 2 rings (SSSR count). The van der Waals surface area contributed by atoms with Crippen molar-refractivity contribution in [1.82, 2.24) is 15.5 Å². The van der Waals surface area contributed by atoms with E-state index < -0.39 is 0 Å². The van der Waals surface area contributed by atoms with Crippen molar-refractivity contribution < 1.29 is 0 Å². The first-order valence-electron chi connectivity index (χ1n) is 6.00. The Hall–Kier alpha value is -0.970. The molecule has 1 N–H and O–H groups in total. The molecule has 0 atom stereocenters. The van der Waals surface area contributed by atoms with Crippen LogP contribution < -0.4 is 5.32 Å². The van der Waals surface area contributed by atoms with E-state index in [1.54, 1.807) is 11.3 Å². The Kier molecular flexibility index (Phi) is 4.69. The smallest absolute Gasteiger partial charge is 0.147 e. The van der Waals surface area contributed by atoms with Gasteiger partial charge in [0.05, 0.1) is 0 Å². The summed E-state index contributed by atoms with van der Waals surface area (Å²) in [7, 11) is 0. The SMILES string of the molecule is CCCNCc1nnc(-c2ccc(C)c(Cl)c2)s1. The van der Waals surface area contributed by atoms with Crippen LogP contribution in [0.25, 0.3) is 10.6 Å². The molecular formula is C13H16ClN3S. The Labute approximate surface area is 116 Å². The maximum atomic E-state index is 6.12. The topological polar surface area (TPSA) is 37.8 Å². The van der Waals surface area contributed by atoms with Crippen LogP contribution in [0.4, 0.5) is 0 Å². The lowest BCUT2D eigenvalue weighted by molar-refractivity contribution is 0.668. The van der Waals surface area contributed by atoms with Crippen LogP contribution in [-0.4, -0.2) is 16.7 Å². The Bertz CT molecular complexity index is 525. The highest BCUT2D eigenvalue weighted by Gasteiger charge is 2.07. The first kappa shape index (κ1) is 13.5. The number of aryl methyl sites for hydroxylation is 1. The van der Waals surface area contributed by atoms with Gasteiger partial charge in [0, 0.05) is 17.1 Å². The third kappa shape index (κ3) is 3.28. The number of halogens is 1. The second-order valence-electron chi connectivity index (χ2n) is 4.14.